The predicted octanol–water partition coefficient (Wildman–Crippen LogP) is 3.25. The molecule has 19 nitrogen and oxygen atoms in total. The molecule has 17 unspecified atom stereocenters. The van der Waals surface area contributed by atoms with E-state index in [-0.39, 0.29) is 18.9 Å². The molecule has 430 valence electrons. The number of aliphatic hydroxyl groups excluding tert-OH is 11. The van der Waals surface area contributed by atoms with Gasteiger partial charge in [0.1, 0.15) is 73.2 Å². The second-order valence-electron chi connectivity index (χ2n) is 19.3. The van der Waals surface area contributed by atoms with Crippen molar-refractivity contribution in [2.45, 2.75) is 234 Å². The average molecular weight is 1070 g/mol. The Balaban J connectivity index is 1.52. The third kappa shape index (κ3) is 24.3. The molecule has 0 aromatic carbocycles. The number of nitrogens with one attached hydrogen (secondary N) is 1. The zero-order valence-electron chi connectivity index (χ0n) is 44.2. The van der Waals surface area contributed by atoms with E-state index in [1.165, 1.54) is 25.7 Å². The maximum atomic E-state index is 13.2. The first kappa shape index (κ1) is 66.3. The van der Waals surface area contributed by atoms with Crippen LogP contribution in [0.15, 0.2) is 85.1 Å². The standard InChI is InChI=1S/C56H93NO18/c1-3-5-7-9-11-13-14-15-16-17-18-19-20-21-22-23-24-26-28-30-32-34-44(62)57-39(40(61)33-31-29-27-25-12-10-8-6-4-2)38-70-54-50(68)47(65)52(42(36-59)72-54)75-56-51(69)48(66)53(43(37-60)73-56)74-55-49(67)46(64)45(63)41(35-58)71-55/h5,7,11,13,15-16,18-19,21-22,24,26,31,33,39-43,45-56,58-61,63-69H,3-4,6,8-10,12,14,17,20,23,25,27-30,32,34-38H2,1-2H3,(H,57,62)/b7-5-,13-11-,16-15-,19-18-,22-21-,26-24-,33-31+. The van der Waals surface area contributed by atoms with E-state index in [1.54, 1.807) is 6.08 Å². The predicted molar refractivity (Wildman–Crippen MR) is 281 cm³/mol. The number of amides is 1. The Morgan fingerprint density at radius 2 is 0.920 bits per heavy atom. The molecule has 0 bridgehead atoms. The molecule has 3 aliphatic heterocycles. The smallest absolute Gasteiger partial charge is 0.220 e. The van der Waals surface area contributed by atoms with E-state index in [2.05, 4.69) is 92.1 Å². The second kappa shape index (κ2) is 39.3. The summed E-state index contributed by atoms with van der Waals surface area (Å²) < 4.78 is 34.1. The zero-order chi connectivity index (χ0) is 54.8. The highest BCUT2D eigenvalue weighted by atomic mass is 16.8. The summed E-state index contributed by atoms with van der Waals surface area (Å²) in [5.74, 6) is -0.326. The lowest BCUT2D eigenvalue weighted by molar-refractivity contribution is -0.379. The maximum absolute atomic E-state index is 13.2. The van der Waals surface area contributed by atoms with Crippen molar-refractivity contribution in [1.29, 1.82) is 0 Å². The second-order valence-corrected chi connectivity index (χ2v) is 19.3. The van der Waals surface area contributed by atoms with Crippen LogP contribution in [0.2, 0.25) is 0 Å². The van der Waals surface area contributed by atoms with Gasteiger partial charge in [-0.15, -0.1) is 0 Å². The largest absolute Gasteiger partial charge is 0.394 e. The van der Waals surface area contributed by atoms with Gasteiger partial charge in [-0.2, -0.15) is 0 Å². The third-order valence-electron chi connectivity index (χ3n) is 13.2. The summed E-state index contributed by atoms with van der Waals surface area (Å²) in [4.78, 5) is 13.2. The van der Waals surface area contributed by atoms with Gasteiger partial charge in [0.2, 0.25) is 5.91 Å². The zero-order valence-corrected chi connectivity index (χ0v) is 44.2. The van der Waals surface area contributed by atoms with E-state index in [0.29, 0.717) is 6.42 Å². The molecule has 3 heterocycles. The van der Waals surface area contributed by atoms with Crippen LogP contribution >= 0.6 is 0 Å². The first-order valence-electron chi connectivity index (χ1n) is 27.3. The fourth-order valence-electron chi connectivity index (χ4n) is 8.66. The number of rotatable bonds is 37. The summed E-state index contributed by atoms with van der Waals surface area (Å²) in [6.45, 7) is 1.49. The number of allylic oxidation sites excluding steroid dienone is 13. The van der Waals surface area contributed by atoms with Gasteiger partial charge in [0, 0.05) is 6.42 Å². The van der Waals surface area contributed by atoms with Crippen LogP contribution < -0.4 is 5.32 Å². The van der Waals surface area contributed by atoms with E-state index in [0.717, 1.165) is 77.0 Å². The Kier molecular flexibility index (Phi) is 34.8. The van der Waals surface area contributed by atoms with Gasteiger partial charge in [-0.25, -0.2) is 0 Å². The van der Waals surface area contributed by atoms with Gasteiger partial charge in [-0.1, -0.05) is 137 Å². The van der Waals surface area contributed by atoms with Crippen molar-refractivity contribution in [3.63, 3.8) is 0 Å². The lowest BCUT2D eigenvalue weighted by atomic mass is 9.96. The Morgan fingerprint density at radius 1 is 0.493 bits per heavy atom. The summed E-state index contributed by atoms with van der Waals surface area (Å²) in [6, 6.07) is -0.999. The number of aliphatic hydroxyl groups is 11. The van der Waals surface area contributed by atoms with Gasteiger partial charge in [0.15, 0.2) is 18.9 Å². The molecule has 19 heteroatoms. The molecule has 0 aromatic rings. The number of carbonyl (C=O) groups is 1. The minimum absolute atomic E-state index is 0.183. The summed E-state index contributed by atoms with van der Waals surface area (Å²) in [5, 5.41) is 120. The van der Waals surface area contributed by atoms with Crippen molar-refractivity contribution >= 4 is 5.91 Å². The van der Waals surface area contributed by atoms with E-state index in [1.807, 2.05) is 6.08 Å². The van der Waals surface area contributed by atoms with Gasteiger partial charge in [0.25, 0.3) is 0 Å². The summed E-state index contributed by atoms with van der Waals surface area (Å²) >= 11 is 0. The van der Waals surface area contributed by atoms with Crippen molar-refractivity contribution in [2.75, 3.05) is 26.4 Å². The highest BCUT2D eigenvalue weighted by molar-refractivity contribution is 5.76. The Bertz CT molecular complexity index is 1700. The quantitative estimate of drug-likeness (QED) is 0.0314. The molecule has 0 radical (unpaired) electrons. The fraction of sp³-hybridized carbons (Fsp3) is 0.732. The first-order chi connectivity index (χ1) is 36.3. The molecule has 0 aromatic heterocycles. The van der Waals surface area contributed by atoms with Gasteiger partial charge < -0.3 is 89.9 Å². The molecule has 12 N–H and O–H groups in total. The molecule has 0 aliphatic carbocycles. The van der Waals surface area contributed by atoms with Crippen LogP contribution in [-0.4, -0.2) is 193 Å². The number of unbranched alkanes of at least 4 members (excludes halogenated alkanes) is 9. The van der Waals surface area contributed by atoms with Crippen molar-refractivity contribution in [3.8, 4) is 0 Å². The van der Waals surface area contributed by atoms with Gasteiger partial charge in [0.05, 0.1) is 38.6 Å². The van der Waals surface area contributed by atoms with Gasteiger partial charge >= 0.3 is 0 Å². The van der Waals surface area contributed by atoms with Crippen molar-refractivity contribution in [3.05, 3.63) is 85.1 Å². The van der Waals surface area contributed by atoms with Crippen LogP contribution in [0.1, 0.15) is 129 Å². The number of carbonyl (C=O) groups excluding carboxylic acids is 1. The summed E-state index contributed by atoms with van der Waals surface area (Å²) in [5.41, 5.74) is 0. The van der Waals surface area contributed by atoms with Crippen LogP contribution in [0.25, 0.3) is 0 Å². The third-order valence-corrected chi connectivity index (χ3v) is 13.2. The molecule has 3 saturated heterocycles. The molecule has 17 atom stereocenters. The van der Waals surface area contributed by atoms with Gasteiger partial charge in [-0.05, 0) is 70.6 Å². The minimum Gasteiger partial charge on any atom is -0.394 e. The van der Waals surface area contributed by atoms with E-state index >= 15 is 0 Å². The molecule has 1 amide bonds. The van der Waals surface area contributed by atoms with Crippen LogP contribution in [0.3, 0.4) is 0 Å². The van der Waals surface area contributed by atoms with Crippen LogP contribution in [0.4, 0.5) is 0 Å². The molecule has 3 aliphatic rings. The van der Waals surface area contributed by atoms with Gasteiger partial charge in [-0.3, -0.25) is 4.79 Å². The Morgan fingerprint density at radius 3 is 1.44 bits per heavy atom. The molecule has 0 saturated carbocycles. The summed E-state index contributed by atoms with van der Waals surface area (Å²) in [7, 11) is 0. The van der Waals surface area contributed by atoms with Crippen molar-refractivity contribution < 1.29 is 89.4 Å². The average Bonchev–Trinajstić information content (AvgIpc) is 3.41. The molecule has 3 rings (SSSR count). The minimum atomic E-state index is -1.98. The highest BCUT2D eigenvalue weighted by Crippen LogP contribution is 2.33. The Labute approximate surface area is 444 Å². The lowest BCUT2D eigenvalue weighted by Crippen LogP contribution is -2.66. The number of hydrogen-bond donors (Lipinski definition) is 12. The van der Waals surface area contributed by atoms with E-state index in [4.69, 9.17) is 28.4 Å². The van der Waals surface area contributed by atoms with Crippen LogP contribution in [0, 0.1) is 0 Å². The van der Waals surface area contributed by atoms with Crippen LogP contribution in [-0.2, 0) is 33.2 Å². The molecule has 75 heavy (non-hydrogen) atoms. The normalized spacial score (nSPS) is 31.9. The highest BCUT2D eigenvalue weighted by Gasteiger charge is 2.53. The topological polar surface area (TPSA) is 307 Å². The summed E-state index contributed by atoms with van der Waals surface area (Å²) in [6.07, 6.45) is 18.8. The SMILES string of the molecule is CC/C=C\C/C=C\C/C=C\C/C=C\C/C=C\C/C=C\CCCCC(=O)NC(COC1OC(CO)C(OC2OC(CO)C(OC3OC(CO)C(O)C(O)C3O)C(O)C2O)C(O)C1O)C(O)/C=C/CCCCCCCCC. The molecule has 3 fully saturated rings. The van der Waals surface area contributed by atoms with Crippen LogP contribution in [0.5, 0.6) is 0 Å². The lowest BCUT2D eigenvalue weighted by Gasteiger charge is -2.48. The molecular formula is C56H93NO18. The van der Waals surface area contributed by atoms with E-state index < -0.39 is 124 Å². The monoisotopic (exact) mass is 1070 g/mol. The fourth-order valence-corrected chi connectivity index (χ4v) is 8.66. The number of ether oxygens (including phenoxy) is 6. The van der Waals surface area contributed by atoms with E-state index in [9.17, 15) is 61.0 Å². The first-order valence-corrected chi connectivity index (χ1v) is 27.3. The maximum Gasteiger partial charge on any atom is 0.220 e. The van der Waals surface area contributed by atoms with Crippen molar-refractivity contribution in [2.24, 2.45) is 0 Å². The number of hydrogen-bond acceptors (Lipinski definition) is 18. The Hall–Kier alpha value is -3.03. The molecule has 0 spiro atoms. The van der Waals surface area contributed by atoms with Crippen molar-refractivity contribution in [1.82, 2.24) is 5.32 Å². The molecular weight excluding hydrogens is 975 g/mol.